The number of rotatable bonds is 2. The lowest BCUT2D eigenvalue weighted by atomic mass is 10.2. The first-order valence-electron chi connectivity index (χ1n) is 5.48. The molecule has 0 spiro atoms. The topological polar surface area (TPSA) is 73.1 Å². The molecular weight excluding hydrogens is 256 g/mol. The maximum Gasteiger partial charge on any atom is 0.246 e. The lowest BCUT2D eigenvalue weighted by Crippen LogP contribution is -2.34. The quantitative estimate of drug-likeness (QED) is 0.883. The van der Waals surface area contributed by atoms with Crippen LogP contribution in [0.5, 0.6) is 0 Å². The van der Waals surface area contributed by atoms with Crippen molar-refractivity contribution in [3.63, 3.8) is 0 Å². The Kier molecular flexibility index (Phi) is 4.24. The third kappa shape index (κ3) is 2.66. The summed E-state index contributed by atoms with van der Waals surface area (Å²) in [5, 5.41) is 7.20. The van der Waals surface area contributed by atoms with Crippen LogP contribution in [0.3, 0.4) is 0 Å². The van der Waals surface area contributed by atoms with Crippen molar-refractivity contribution in [2.24, 2.45) is 0 Å². The minimum Gasteiger partial charge on any atom is -0.378 e. The van der Waals surface area contributed by atoms with Crippen molar-refractivity contribution in [3.8, 4) is 11.4 Å². The minimum atomic E-state index is -0.0123. The van der Waals surface area contributed by atoms with Gasteiger partial charge in [0.15, 0.2) is 0 Å². The fourth-order valence-corrected chi connectivity index (χ4v) is 1.71. The molecule has 6 nitrogen and oxygen atoms in total. The molecule has 1 N–H and O–H groups in total. The zero-order valence-corrected chi connectivity index (χ0v) is 10.4. The van der Waals surface area contributed by atoms with E-state index in [1.807, 2.05) is 12.1 Å². The van der Waals surface area contributed by atoms with E-state index in [9.17, 15) is 0 Å². The molecule has 0 aliphatic carbocycles. The maximum absolute atomic E-state index is 5.35. The van der Waals surface area contributed by atoms with Crippen LogP contribution >= 0.6 is 12.4 Å². The molecule has 0 bridgehead atoms. The largest absolute Gasteiger partial charge is 0.378 e. The molecular formula is C11H13ClN4O2. The number of hydrogen-bond acceptors (Lipinski definition) is 6. The number of halogens is 1. The molecule has 0 saturated carbocycles. The molecule has 0 amide bonds. The molecule has 2 aromatic rings. The van der Waals surface area contributed by atoms with E-state index in [-0.39, 0.29) is 18.4 Å². The summed E-state index contributed by atoms with van der Waals surface area (Å²) in [6.45, 7) is 2.09. The Hall–Kier alpha value is -1.50. The van der Waals surface area contributed by atoms with Crippen molar-refractivity contribution < 1.29 is 9.26 Å². The Morgan fingerprint density at radius 2 is 2.33 bits per heavy atom. The molecule has 7 heteroatoms. The van der Waals surface area contributed by atoms with Crippen LogP contribution in [0.25, 0.3) is 11.4 Å². The Balaban J connectivity index is 0.00000120. The van der Waals surface area contributed by atoms with Crippen molar-refractivity contribution in [1.29, 1.82) is 0 Å². The van der Waals surface area contributed by atoms with E-state index >= 15 is 0 Å². The van der Waals surface area contributed by atoms with E-state index in [0.29, 0.717) is 18.3 Å². The molecule has 1 aliphatic rings. The molecule has 0 radical (unpaired) electrons. The molecule has 0 aromatic carbocycles. The van der Waals surface area contributed by atoms with Crippen LogP contribution in [0.2, 0.25) is 0 Å². The predicted octanol–water partition coefficient (Wildman–Crippen LogP) is 1.21. The number of ether oxygens (including phenoxy) is 1. The lowest BCUT2D eigenvalue weighted by molar-refractivity contribution is 0.0659. The van der Waals surface area contributed by atoms with Gasteiger partial charge in [0.05, 0.1) is 13.2 Å². The Bertz CT molecular complexity index is 485. The molecule has 1 aliphatic heterocycles. The molecule has 3 rings (SSSR count). The second kappa shape index (κ2) is 5.90. The third-order valence-electron chi connectivity index (χ3n) is 2.58. The van der Waals surface area contributed by atoms with Gasteiger partial charge in [-0.15, -0.1) is 12.4 Å². The van der Waals surface area contributed by atoms with E-state index in [0.717, 1.165) is 18.7 Å². The van der Waals surface area contributed by atoms with E-state index < -0.39 is 0 Å². The van der Waals surface area contributed by atoms with Gasteiger partial charge in [-0.25, -0.2) is 0 Å². The highest BCUT2D eigenvalue weighted by atomic mass is 35.5. The third-order valence-corrected chi connectivity index (χ3v) is 2.58. The highest BCUT2D eigenvalue weighted by Gasteiger charge is 2.21. The average molecular weight is 269 g/mol. The average Bonchev–Trinajstić information content (AvgIpc) is 2.90. The van der Waals surface area contributed by atoms with Gasteiger partial charge in [0.1, 0.15) is 6.04 Å². The Labute approximate surface area is 110 Å². The van der Waals surface area contributed by atoms with Crippen molar-refractivity contribution in [1.82, 2.24) is 20.4 Å². The van der Waals surface area contributed by atoms with Crippen molar-refractivity contribution in [2.45, 2.75) is 6.04 Å². The Morgan fingerprint density at radius 3 is 3.06 bits per heavy atom. The van der Waals surface area contributed by atoms with Crippen molar-refractivity contribution in [2.75, 3.05) is 19.8 Å². The van der Waals surface area contributed by atoms with Gasteiger partial charge in [-0.1, -0.05) is 5.16 Å². The van der Waals surface area contributed by atoms with Gasteiger partial charge in [0.25, 0.3) is 0 Å². The van der Waals surface area contributed by atoms with Gasteiger partial charge in [-0.05, 0) is 12.1 Å². The zero-order chi connectivity index (χ0) is 11.5. The number of nitrogens with zero attached hydrogens (tertiary/aromatic N) is 3. The summed E-state index contributed by atoms with van der Waals surface area (Å²) < 4.78 is 10.6. The highest BCUT2D eigenvalue weighted by Crippen LogP contribution is 2.18. The van der Waals surface area contributed by atoms with Crippen LogP contribution in [0.4, 0.5) is 0 Å². The molecule has 1 fully saturated rings. The molecule has 2 aromatic heterocycles. The zero-order valence-electron chi connectivity index (χ0n) is 9.57. The molecule has 96 valence electrons. The van der Waals surface area contributed by atoms with Crippen molar-refractivity contribution >= 4 is 12.4 Å². The van der Waals surface area contributed by atoms with Crippen LogP contribution in [0.1, 0.15) is 11.9 Å². The van der Waals surface area contributed by atoms with E-state index in [1.54, 1.807) is 12.4 Å². The van der Waals surface area contributed by atoms with Crippen LogP contribution in [-0.2, 0) is 4.74 Å². The molecule has 1 unspecified atom stereocenters. The van der Waals surface area contributed by atoms with Gasteiger partial charge in [0, 0.05) is 24.5 Å². The Morgan fingerprint density at radius 1 is 1.39 bits per heavy atom. The second-order valence-corrected chi connectivity index (χ2v) is 3.78. The van der Waals surface area contributed by atoms with E-state index in [4.69, 9.17) is 9.26 Å². The van der Waals surface area contributed by atoms with Gasteiger partial charge >= 0.3 is 0 Å². The molecule has 18 heavy (non-hydrogen) atoms. The van der Waals surface area contributed by atoms with Gasteiger partial charge in [-0.2, -0.15) is 4.98 Å². The molecule has 1 atom stereocenters. The van der Waals surface area contributed by atoms with Crippen LogP contribution < -0.4 is 5.32 Å². The van der Waals surface area contributed by atoms with Crippen LogP contribution in [-0.4, -0.2) is 34.9 Å². The number of morpholine rings is 1. The number of hydrogen-bond donors (Lipinski definition) is 1. The number of pyridine rings is 1. The van der Waals surface area contributed by atoms with E-state index in [1.165, 1.54) is 0 Å². The standard InChI is InChI=1S/C11H12N4O2.ClH/c1-2-8(6-12-3-1)10-14-11(17-15-10)9-7-16-5-4-13-9;/h1-3,6,9,13H,4-5,7H2;1H. The second-order valence-electron chi connectivity index (χ2n) is 3.78. The van der Waals surface area contributed by atoms with Gasteiger partial charge in [0.2, 0.25) is 11.7 Å². The van der Waals surface area contributed by atoms with Crippen LogP contribution in [0.15, 0.2) is 29.0 Å². The summed E-state index contributed by atoms with van der Waals surface area (Å²) in [6.07, 6.45) is 3.42. The monoisotopic (exact) mass is 268 g/mol. The first-order valence-corrected chi connectivity index (χ1v) is 5.48. The fourth-order valence-electron chi connectivity index (χ4n) is 1.71. The summed E-state index contributed by atoms with van der Waals surface area (Å²) in [7, 11) is 0. The smallest absolute Gasteiger partial charge is 0.246 e. The summed E-state index contributed by atoms with van der Waals surface area (Å²) in [5.74, 6) is 1.11. The fraction of sp³-hybridized carbons (Fsp3) is 0.364. The predicted molar refractivity (Wildman–Crippen MR) is 66.3 cm³/mol. The van der Waals surface area contributed by atoms with Gasteiger partial charge < -0.3 is 14.6 Å². The first-order chi connectivity index (χ1) is 8.43. The normalized spacial score (nSPS) is 19.2. The first kappa shape index (κ1) is 12.9. The summed E-state index contributed by atoms with van der Waals surface area (Å²) >= 11 is 0. The summed E-state index contributed by atoms with van der Waals surface area (Å²) in [6, 6.07) is 3.72. The highest BCUT2D eigenvalue weighted by molar-refractivity contribution is 5.85. The van der Waals surface area contributed by atoms with Crippen molar-refractivity contribution in [3.05, 3.63) is 30.4 Å². The molecule has 3 heterocycles. The minimum absolute atomic E-state index is 0. The maximum atomic E-state index is 5.35. The lowest BCUT2D eigenvalue weighted by Gasteiger charge is -2.20. The molecule has 1 saturated heterocycles. The number of nitrogens with one attached hydrogen (secondary N) is 1. The van der Waals surface area contributed by atoms with Gasteiger partial charge in [-0.3, -0.25) is 4.98 Å². The SMILES string of the molecule is Cl.c1cncc(-c2noc(C3COCCN3)n2)c1. The summed E-state index contributed by atoms with van der Waals surface area (Å²) in [4.78, 5) is 8.36. The van der Waals surface area contributed by atoms with E-state index in [2.05, 4.69) is 20.4 Å². The number of aromatic nitrogens is 3. The van der Waals surface area contributed by atoms with Crippen LogP contribution in [0, 0.1) is 0 Å². The summed E-state index contributed by atoms with van der Waals surface area (Å²) in [5.41, 5.74) is 0.847.